The number of amides is 2. The highest BCUT2D eigenvalue weighted by Gasteiger charge is 2.36. The Morgan fingerprint density at radius 1 is 1.03 bits per heavy atom. The normalized spacial score (nSPS) is 17.0. The average Bonchev–Trinajstić information content (AvgIpc) is 3.32. The van der Waals surface area contributed by atoms with Crippen molar-refractivity contribution in [2.45, 2.75) is 43.5 Å². The smallest absolute Gasteiger partial charge is 0.247 e. The van der Waals surface area contributed by atoms with Crippen LogP contribution in [0.15, 0.2) is 78.9 Å². The monoisotopic (exact) mass is 561 g/mol. The fourth-order valence-electron chi connectivity index (χ4n) is 4.87. The number of carbonyl (C=O) groups excluding carboxylic acids is 2. The highest BCUT2D eigenvalue weighted by atomic mass is 32.2. The van der Waals surface area contributed by atoms with Gasteiger partial charge in [-0.05, 0) is 55.0 Å². The number of piperidine rings is 1. The number of likely N-dealkylation sites (tertiary alicyclic amines) is 1. The molecule has 3 atom stereocenters. The van der Waals surface area contributed by atoms with Crippen LogP contribution >= 0.6 is 11.3 Å². The van der Waals surface area contributed by atoms with Gasteiger partial charge in [0.15, 0.2) is 5.13 Å². The summed E-state index contributed by atoms with van der Waals surface area (Å²) >= 11 is 1.36. The number of nitrogens with two attached hydrogens (primary N) is 1. The Balaban J connectivity index is 1.33. The fraction of sp³-hybridized carbons (Fsp3) is 0.276. The van der Waals surface area contributed by atoms with E-state index in [1.54, 1.807) is 11.0 Å². The summed E-state index contributed by atoms with van der Waals surface area (Å²) in [6.45, 7) is 0.472. The quantitative estimate of drug-likeness (QED) is 0.282. The van der Waals surface area contributed by atoms with Gasteiger partial charge in [-0.15, -0.1) is 0 Å². The third-order valence-electron chi connectivity index (χ3n) is 6.76. The molecule has 4 N–H and O–H groups in total. The Morgan fingerprint density at radius 3 is 2.49 bits per heavy atom. The molecule has 1 saturated heterocycles. The van der Waals surface area contributed by atoms with Crippen LogP contribution in [0.2, 0.25) is 0 Å². The van der Waals surface area contributed by atoms with Gasteiger partial charge in [0.25, 0.3) is 0 Å². The van der Waals surface area contributed by atoms with Gasteiger partial charge in [0.05, 0.1) is 27.0 Å². The van der Waals surface area contributed by atoms with Gasteiger partial charge in [-0.1, -0.05) is 72.0 Å². The summed E-state index contributed by atoms with van der Waals surface area (Å²) in [6.07, 6.45) is 2.60. The lowest BCUT2D eigenvalue weighted by molar-refractivity contribution is -0.141. The lowest BCUT2D eigenvalue weighted by Gasteiger charge is -2.37. The molecule has 4 aromatic rings. The molecule has 3 aromatic carbocycles. The SMILES string of the molecule is Nc1nc2ccc(NC(=O)[C@@H]3CCCCN3C(=O)[C@@H](Cc3ccccc3)NS(=O)Cc3ccccc3)cc2s1. The maximum absolute atomic E-state index is 14.0. The van der Waals surface area contributed by atoms with Gasteiger partial charge in [-0.3, -0.25) is 9.59 Å². The third-order valence-corrected chi connectivity index (χ3v) is 8.75. The van der Waals surface area contributed by atoms with E-state index < -0.39 is 23.1 Å². The van der Waals surface area contributed by atoms with Gasteiger partial charge >= 0.3 is 0 Å². The maximum atomic E-state index is 14.0. The van der Waals surface area contributed by atoms with Crippen molar-refractivity contribution < 1.29 is 13.8 Å². The molecule has 39 heavy (non-hydrogen) atoms. The average molecular weight is 562 g/mol. The summed E-state index contributed by atoms with van der Waals surface area (Å²) in [5.41, 5.74) is 9.11. The minimum Gasteiger partial charge on any atom is -0.375 e. The number of benzene rings is 3. The van der Waals surface area contributed by atoms with E-state index >= 15 is 0 Å². The van der Waals surface area contributed by atoms with Gasteiger partial charge in [0, 0.05) is 12.2 Å². The molecule has 0 spiro atoms. The van der Waals surface area contributed by atoms with E-state index in [1.165, 1.54) is 11.3 Å². The first-order chi connectivity index (χ1) is 19.0. The van der Waals surface area contributed by atoms with E-state index in [4.69, 9.17) is 5.73 Å². The third kappa shape index (κ3) is 6.89. The van der Waals surface area contributed by atoms with Crippen LogP contribution in [0.1, 0.15) is 30.4 Å². The van der Waals surface area contributed by atoms with Crippen molar-refractivity contribution in [1.82, 2.24) is 14.6 Å². The van der Waals surface area contributed by atoms with Crippen molar-refractivity contribution in [3.8, 4) is 0 Å². The summed E-state index contributed by atoms with van der Waals surface area (Å²) in [5.74, 6) is -0.164. The molecule has 10 heteroatoms. The number of carbonyl (C=O) groups is 2. The number of nitrogens with one attached hydrogen (secondary N) is 2. The molecule has 1 aliphatic heterocycles. The Hall–Kier alpha value is -3.60. The predicted molar refractivity (Wildman–Crippen MR) is 157 cm³/mol. The molecule has 1 aromatic heterocycles. The number of rotatable bonds is 9. The van der Waals surface area contributed by atoms with Crippen LogP contribution in [0.4, 0.5) is 10.8 Å². The van der Waals surface area contributed by atoms with E-state index in [9.17, 15) is 13.8 Å². The molecule has 0 bridgehead atoms. The van der Waals surface area contributed by atoms with E-state index in [-0.39, 0.29) is 17.6 Å². The number of fused-ring (bicyclic) bond motifs is 1. The molecule has 2 amide bonds. The number of aromatic nitrogens is 1. The lowest BCUT2D eigenvalue weighted by atomic mass is 9.98. The number of anilines is 2. The number of thiazole rings is 1. The van der Waals surface area contributed by atoms with Crippen LogP contribution in [0.25, 0.3) is 10.2 Å². The summed E-state index contributed by atoms with van der Waals surface area (Å²) in [7, 11) is -1.48. The molecule has 5 rings (SSSR count). The second-order valence-electron chi connectivity index (χ2n) is 9.60. The zero-order chi connectivity index (χ0) is 27.2. The van der Waals surface area contributed by atoms with E-state index in [0.29, 0.717) is 30.2 Å². The van der Waals surface area contributed by atoms with Crippen molar-refractivity contribution in [2.24, 2.45) is 0 Å². The Bertz CT molecular complexity index is 1460. The molecule has 8 nitrogen and oxygen atoms in total. The van der Waals surface area contributed by atoms with E-state index in [0.717, 1.165) is 34.2 Å². The highest BCUT2D eigenvalue weighted by molar-refractivity contribution is 7.82. The predicted octanol–water partition coefficient (Wildman–Crippen LogP) is 4.26. The van der Waals surface area contributed by atoms with Crippen LogP contribution in [0.3, 0.4) is 0 Å². The first-order valence-electron chi connectivity index (χ1n) is 13.0. The second kappa shape index (κ2) is 12.5. The molecule has 0 saturated carbocycles. The molecule has 1 fully saturated rings. The van der Waals surface area contributed by atoms with Gasteiger partial charge in [-0.25, -0.2) is 13.9 Å². The Morgan fingerprint density at radius 2 is 1.74 bits per heavy atom. The fourth-order valence-corrected chi connectivity index (χ4v) is 6.72. The van der Waals surface area contributed by atoms with Gasteiger partial charge in [0.1, 0.15) is 12.1 Å². The largest absolute Gasteiger partial charge is 0.375 e. The van der Waals surface area contributed by atoms with Crippen molar-refractivity contribution in [3.05, 3.63) is 90.0 Å². The minimum absolute atomic E-state index is 0.217. The Kier molecular flexibility index (Phi) is 8.65. The number of hydrogen-bond donors (Lipinski definition) is 3. The summed E-state index contributed by atoms with van der Waals surface area (Å²) in [6, 6.07) is 23.3. The van der Waals surface area contributed by atoms with Crippen LogP contribution in [0.5, 0.6) is 0 Å². The van der Waals surface area contributed by atoms with Crippen molar-refractivity contribution in [2.75, 3.05) is 17.6 Å². The maximum Gasteiger partial charge on any atom is 0.247 e. The van der Waals surface area contributed by atoms with Crippen molar-refractivity contribution in [3.63, 3.8) is 0 Å². The molecule has 0 radical (unpaired) electrons. The number of nitrogen functional groups attached to an aromatic ring is 1. The molecular formula is C29H31N5O3S2. The first-order valence-corrected chi connectivity index (χ1v) is 15.1. The van der Waals surface area contributed by atoms with Gasteiger partial charge < -0.3 is 16.0 Å². The molecular weight excluding hydrogens is 530 g/mol. The molecule has 1 aliphatic rings. The summed E-state index contributed by atoms with van der Waals surface area (Å²) in [4.78, 5) is 33.3. The zero-order valence-electron chi connectivity index (χ0n) is 21.4. The topological polar surface area (TPSA) is 117 Å². The van der Waals surface area contributed by atoms with Crippen LogP contribution in [-0.2, 0) is 32.7 Å². The lowest BCUT2D eigenvalue weighted by Crippen LogP contribution is -2.56. The zero-order valence-corrected chi connectivity index (χ0v) is 23.0. The number of hydrogen-bond acceptors (Lipinski definition) is 6. The van der Waals surface area contributed by atoms with Crippen LogP contribution in [-0.4, -0.2) is 44.5 Å². The van der Waals surface area contributed by atoms with Crippen molar-refractivity contribution >= 4 is 55.2 Å². The first kappa shape index (κ1) is 27.0. The van der Waals surface area contributed by atoms with E-state index in [1.807, 2.05) is 72.8 Å². The second-order valence-corrected chi connectivity index (χ2v) is 11.9. The standard InChI is InChI=1S/C29H31N5O3S2/c30-29-32-23-15-14-22(18-26(23)38-29)31-27(35)25-13-7-8-16-34(25)28(36)24(17-20-9-3-1-4-10-20)33-39(37)19-21-11-5-2-6-12-21/h1-6,9-12,14-15,18,24-25,33H,7-8,13,16-17,19H2,(H2,30,32)(H,31,35)/t24-,25+,39?/m1/s1. The van der Waals surface area contributed by atoms with Gasteiger partial charge in [0.2, 0.25) is 11.8 Å². The summed E-state index contributed by atoms with van der Waals surface area (Å²) in [5, 5.41) is 3.46. The van der Waals surface area contributed by atoms with Crippen LogP contribution < -0.4 is 15.8 Å². The molecule has 2 heterocycles. The number of nitrogens with zero attached hydrogens (tertiary/aromatic N) is 2. The molecule has 1 unspecified atom stereocenters. The minimum atomic E-state index is -1.48. The van der Waals surface area contributed by atoms with E-state index in [2.05, 4.69) is 15.0 Å². The molecule has 202 valence electrons. The Labute approximate surface area is 234 Å². The summed E-state index contributed by atoms with van der Waals surface area (Å²) < 4.78 is 17.1. The van der Waals surface area contributed by atoms with Crippen LogP contribution in [0, 0.1) is 0 Å². The molecule has 0 aliphatic carbocycles. The highest BCUT2D eigenvalue weighted by Crippen LogP contribution is 2.27. The van der Waals surface area contributed by atoms with Crippen molar-refractivity contribution in [1.29, 1.82) is 0 Å². The van der Waals surface area contributed by atoms with Gasteiger partial charge in [-0.2, -0.15) is 0 Å².